The molecule has 0 aliphatic rings. The van der Waals surface area contributed by atoms with E-state index in [9.17, 15) is 0 Å². The van der Waals surface area contributed by atoms with Crippen molar-refractivity contribution in [3.63, 3.8) is 0 Å². The summed E-state index contributed by atoms with van der Waals surface area (Å²) in [6.45, 7) is 8.54. The molecular weight excluding hydrogens is 288 g/mol. The van der Waals surface area contributed by atoms with Crippen molar-refractivity contribution in [2.75, 3.05) is 19.8 Å². The van der Waals surface area contributed by atoms with Crippen LogP contribution in [0.15, 0.2) is 18.2 Å². The van der Waals surface area contributed by atoms with E-state index in [-0.39, 0.29) is 0 Å². The summed E-state index contributed by atoms with van der Waals surface area (Å²) < 4.78 is 16.9. The van der Waals surface area contributed by atoms with Gasteiger partial charge in [0.05, 0.1) is 18.8 Å². The third-order valence-electron chi connectivity index (χ3n) is 3.33. The molecule has 0 unspecified atom stereocenters. The molecule has 0 aromatic heterocycles. The van der Waals surface area contributed by atoms with E-state index in [0.717, 1.165) is 62.2 Å². The van der Waals surface area contributed by atoms with Gasteiger partial charge in [-0.3, -0.25) is 0 Å². The molecular formula is C20H30O3. The van der Waals surface area contributed by atoms with E-state index < -0.39 is 0 Å². The lowest BCUT2D eigenvalue weighted by molar-refractivity contribution is 0.270. The standard InChI is InChI=1S/C20H30O3/c1-4-7-13-21-16-12-18-17-19(22-14-8-5-2)10-11-20(18)23-15-9-6-3/h10-11,17H,4-9,13-15H2,1-3H3. The maximum atomic E-state index is 5.82. The second kappa shape index (κ2) is 12.7. The number of hydrogen-bond donors (Lipinski definition) is 0. The molecule has 23 heavy (non-hydrogen) atoms. The predicted molar refractivity (Wildman–Crippen MR) is 95.0 cm³/mol. The number of benzene rings is 1. The summed E-state index contributed by atoms with van der Waals surface area (Å²) >= 11 is 0. The van der Waals surface area contributed by atoms with Crippen molar-refractivity contribution >= 4 is 0 Å². The molecule has 0 N–H and O–H groups in total. The van der Waals surface area contributed by atoms with E-state index in [2.05, 4.69) is 32.8 Å². The lowest BCUT2D eigenvalue weighted by Crippen LogP contribution is -2.00. The Hall–Kier alpha value is -1.82. The largest absolute Gasteiger partial charge is 0.494 e. The summed E-state index contributed by atoms with van der Waals surface area (Å²) in [5.74, 6) is 4.68. The van der Waals surface area contributed by atoms with Gasteiger partial charge in [-0.25, -0.2) is 0 Å². The minimum absolute atomic E-state index is 0.669. The third-order valence-corrected chi connectivity index (χ3v) is 3.33. The van der Waals surface area contributed by atoms with E-state index >= 15 is 0 Å². The van der Waals surface area contributed by atoms with E-state index in [4.69, 9.17) is 14.2 Å². The Morgan fingerprint density at radius 3 is 2.17 bits per heavy atom. The Bertz CT molecular complexity index is 485. The van der Waals surface area contributed by atoms with Crippen molar-refractivity contribution in [2.24, 2.45) is 0 Å². The highest BCUT2D eigenvalue weighted by Gasteiger charge is 2.05. The fourth-order valence-corrected chi connectivity index (χ4v) is 1.84. The van der Waals surface area contributed by atoms with Crippen LogP contribution in [0.4, 0.5) is 0 Å². The quantitative estimate of drug-likeness (QED) is 0.416. The summed E-state index contributed by atoms with van der Waals surface area (Å²) in [4.78, 5) is 0. The molecule has 0 radical (unpaired) electrons. The summed E-state index contributed by atoms with van der Waals surface area (Å²) in [6, 6.07) is 5.82. The van der Waals surface area contributed by atoms with Crippen LogP contribution in [0, 0.1) is 12.0 Å². The zero-order valence-corrected chi connectivity index (χ0v) is 14.8. The molecule has 1 aromatic carbocycles. The number of hydrogen-bond acceptors (Lipinski definition) is 3. The molecule has 0 fully saturated rings. The lowest BCUT2D eigenvalue weighted by Gasteiger charge is -2.10. The molecule has 128 valence electrons. The Morgan fingerprint density at radius 2 is 1.48 bits per heavy atom. The van der Waals surface area contributed by atoms with Gasteiger partial charge in [0.15, 0.2) is 0 Å². The van der Waals surface area contributed by atoms with Crippen molar-refractivity contribution in [1.29, 1.82) is 0 Å². The van der Waals surface area contributed by atoms with Crippen LogP contribution in [0.25, 0.3) is 0 Å². The SMILES string of the molecule is CCCCOC#Cc1cc(OCCCC)ccc1OCCCC. The molecule has 0 aliphatic heterocycles. The van der Waals surface area contributed by atoms with Gasteiger partial charge in [-0.2, -0.15) is 0 Å². The molecule has 0 amide bonds. The van der Waals surface area contributed by atoms with Crippen LogP contribution in [0.5, 0.6) is 11.5 Å². The van der Waals surface area contributed by atoms with Crippen LogP contribution in [0.2, 0.25) is 0 Å². The highest BCUT2D eigenvalue weighted by Crippen LogP contribution is 2.24. The molecule has 0 spiro atoms. The van der Waals surface area contributed by atoms with Crippen LogP contribution in [-0.4, -0.2) is 19.8 Å². The van der Waals surface area contributed by atoms with E-state index in [1.807, 2.05) is 18.2 Å². The number of ether oxygens (including phenoxy) is 3. The first kappa shape index (κ1) is 19.2. The summed E-state index contributed by atoms with van der Waals surface area (Å²) in [7, 11) is 0. The third kappa shape index (κ3) is 8.40. The molecule has 0 heterocycles. The maximum absolute atomic E-state index is 5.82. The normalized spacial score (nSPS) is 9.87. The van der Waals surface area contributed by atoms with Gasteiger partial charge >= 0.3 is 0 Å². The average Bonchev–Trinajstić information content (AvgIpc) is 2.57. The highest BCUT2D eigenvalue weighted by atomic mass is 16.5. The van der Waals surface area contributed by atoms with E-state index in [1.54, 1.807) is 0 Å². The lowest BCUT2D eigenvalue weighted by atomic mass is 10.2. The molecule has 0 aliphatic carbocycles. The molecule has 0 saturated carbocycles. The van der Waals surface area contributed by atoms with Gasteiger partial charge in [0, 0.05) is 0 Å². The topological polar surface area (TPSA) is 27.7 Å². The molecule has 1 rings (SSSR count). The highest BCUT2D eigenvalue weighted by molar-refractivity contribution is 5.49. The van der Waals surface area contributed by atoms with Gasteiger partial charge in [-0.1, -0.05) is 40.0 Å². The van der Waals surface area contributed by atoms with Crippen molar-refractivity contribution in [1.82, 2.24) is 0 Å². The zero-order chi connectivity index (χ0) is 16.8. The summed E-state index contributed by atoms with van der Waals surface area (Å²) in [5, 5.41) is 0. The average molecular weight is 318 g/mol. The van der Waals surface area contributed by atoms with Crippen LogP contribution < -0.4 is 9.47 Å². The van der Waals surface area contributed by atoms with Gasteiger partial charge in [0.2, 0.25) is 0 Å². The Balaban J connectivity index is 2.74. The predicted octanol–water partition coefficient (Wildman–Crippen LogP) is 5.17. The Kier molecular flexibility index (Phi) is 10.6. The van der Waals surface area contributed by atoms with Crippen molar-refractivity contribution in [3.8, 4) is 23.5 Å². The Labute approximate surface area is 141 Å². The van der Waals surface area contributed by atoms with E-state index in [1.165, 1.54) is 0 Å². The van der Waals surface area contributed by atoms with Gasteiger partial charge in [0.25, 0.3) is 0 Å². The van der Waals surface area contributed by atoms with Gasteiger partial charge < -0.3 is 14.2 Å². The van der Waals surface area contributed by atoms with E-state index in [0.29, 0.717) is 13.2 Å². The van der Waals surface area contributed by atoms with Gasteiger partial charge in [-0.05, 0) is 43.4 Å². The molecule has 0 saturated heterocycles. The molecule has 3 nitrogen and oxygen atoms in total. The smallest absolute Gasteiger partial charge is 0.135 e. The fourth-order valence-electron chi connectivity index (χ4n) is 1.84. The van der Waals surface area contributed by atoms with Crippen molar-refractivity contribution < 1.29 is 14.2 Å². The molecule has 0 bridgehead atoms. The fraction of sp³-hybridized carbons (Fsp3) is 0.600. The first-order valence-corrected chi connectivity index (χ1v) is 8.84. The van der Waals surface area contributed by atoms with Crippen LogP contribution in [0.1, 0.15) is 64.9 Å². The summed E-state index contributed by atoms with van der Waals surface area (Å²) in [6.07, 6.45) is 9.22. The first-order chi connectivity index (χ1) is 11.3. The number of rotatable bonds is 11. The second-order valence-corrected chi connectivity index (χ2v) is 5.49. The summed E-state index contributed by atoms with van der Waals surface area (Å²) in [5.41, 5.74) is 0.826. The minimum atomic E-state index is 0.669. The number of unbranched alkanes of at least 4 members (excludes halogenated alkanes) is 3. The van der Waals surface area contributed by atoms with Crippen molar-refractivity contribution in [2.45, 2.75) is 59.3 Å². The van der Waals surface area contributed by atoms with Crippen LogP contribution in [-0.2, 0) is 4.74 Å². The second-order valence-electron chi connectivity index (χ2n) is 5.49. The Morgan fingerprint density at radius 1 is 0.826 bits per heavy atom. The maximum Gasteiger partial charge on any atom is 0.135 e. The monoisotopic (exact) mass is 318 g/mol. The zero-order valence-electron chi connectivity index (χ0n) is 14.8. The molecule has 1 aromatic rings. The molecule has 3 heteroatoms. The first-order valence-electron chi connectivity index (χ1n) is 8.84. The van der Waals surface area contributed by atoms with Gasteiger partial charge in [-0.15, -0.1) is 0 Å². The minimum Gasteiger partial charge on any atom is -0.494 e. The van der Waals surface area contributed by atoms with Crippen LogP contribution >= 0.6 is 0 Å². The van der Waals surface area contributed by atoms with Crippen molar-refractivity contribution in [3.05, 3.63) is 23.8 Å². The van der Waals surface area contributed by atoms with Gasteiger partial charge in [0.1, 0.15) is 24.2 Å². The van der Waals surface area contributed by atoms with Crippen LogP contribution in [0.3, 0.4) is 0 Å². The molecule has 0 atom stereocenters.